The molecule has 4 atom stereocenters. The van der Waals surface area contributed by atoms with Crippen LogP contribution in [0.1, 0.15) is 44.9 Å². The molecular weight excluding hydrogens is 200 g/mol. The average Bonchev–Trinajstić information content (AvgIpc) is 2.90. The summed E-state index contributed by atoms with van der Waals surface area (Å²) in [5.41, 5.74) is -0.389. The third-order valence-corrected chi connectivity index (χ3v) is 5.21. The van der Waals surface area contributed by atoms with Crippen molar-refractivity contribution >= 4 is 5.97 Å². The summed E-state index contributed by atoms with van der Waals surface area (Å²) in [7, 11) is 0. The van der Waals surface area contributed by atoms with Gasteiger partial charge in [0.2, 0.25) is 0 Å². The number of hydrogen-bond acceptors (Lipinski definition) is 1. The number of allylic oxidation sites excluding steroid dienone is 2. The smallest absolute Gasteiger partial charge is 0.310 e. The molecular formula is C14H20O2. The Bertz CT molecular complexity index is 334. The van der Waals surface area contributed by atoms with Crippen LogP contribution in [0.25, 0.3) is 0 Å². The molecule has 0 heterocycles. The molecule has 16 heavy (non-hydrogen) atoms. The van der Waals surface area contributed by atoms with Crippen molar-refractivity contribution in [3.8, 4) is 0 Å². The van der Waals surface area contributed by atoms with Gasteiger partial charge in [-0.2, -0.15) is 0 Å². The van der Waals surface area contributed by atoms with Crippen LogP contribution in [0.15, 0.2) is 12.2 Å². The van der Waals surface area contributed by atoms with Crippen LogP contribution in [0.5, 0.6) is 0 Å². The van der Waals surface area contributed by atoms with Crippen molar-refractivity contribution in [2.45, 2.75) is 44.9 Å². The van der Waals surface area contributed by atoms with Gasteiger partial charge in [-0.25, -0.2) is 0 Å². The van der Waals surface area contributed by atoms with Crippen LogP contribution < -0.4 is 0 Å². The van der Waals surface area contributed by atoms with Crippen molar-refractivity contribution in [2.24, 2.45) is 23.2 Å². The molecule has 3 aliphatic rings. The van der Waals surface area contributed by atoms with Crippen molar-refractivity contribution in [2.75, 3.05) is 0 Å². The second-order valence-electron chi connectivity index (χ2n) is 5.89. The molecule has 4 unspecified atom stereocenters. The summed E-state index contributed by atoms with van der Waals surface area (Å²) in [6.07, 6.45) is 12.4. The van der Waals surface area contributed by atoms with Gasteiger partial charge < -0.3 is 5.11 Å². The summed E-state index contributed by atoms with van der Waals surface area (Å²) >= 11 is 0. The SMILES string of the molecule is O=C(O)C1(C2C=CCCC2)CC2CCC1C2. The lowest BCUT2D eigenvalue weighted by atomic mass is 9.62. The Labute approximate surface area is 96.7 Å². The number of carboxylic acids is 1. The predicted octanol–water partition coefficient (Wildman–Crippen LogP) is 3.23. The van der Waals surface area contributed by atoms with E-state index in [1.165, 1.54) is 19.3 Å². The van der Waals surface area contributed by atoms with Crippen LogP contribution in [0.4, 0.5) is 0 Å². The highest BCUT2D eigenvalue weighted by Crippen LogP contribution is 2.60. The fraction of sp³-hybridized carbons (Fsp3) is 0.786. The lowest BCUT2D eigenvalue weighted by Crippen LogP contribution is -2.43. The summed E-state index contributed by atoms with van der Waals surface area (Å²) in [5, 5.41) is 9.70. The van der Waals surface area contributed by atoms with Crippen LogP contribution in [0.2, 0.25) is 0 Å². The molecule has 2 bridgehead atoms. The fourth-order valence-corrected chi connectivity index (χ4v) is 4.49. The van der Waals surface area contributed by atoms with E-state index in [-0.39, 0.29) is 5.41 Å². The van der Waals surface area contributed by atoms with Crippen LogP contribution in [-0.4, -0.2) is 11.1 Å². The standard InChI is InChI=1S/C14H20O2/c15-13(16)14(11-4-2-1-3-5-11)9-10-6-7-12(14)8-10/h2,4,10-12H,1,3,5-9H2,(H,15,16). The fourth-order valence-electron chi connectivity index (χ4n) is 4.49. The van der Waals surface area contributed by atoms with E-state index in [2.05, 4.69) is 12.2 Å². The molecule has 2 saturated carbocycles. The Kier molecular flexibility index (Phi) is 2.34. The van der Waals surface area contributed by atoms with E-state index in [4.69, 9.17) is 0 Å². The van der Waals surface area contributed by atoms with Gasteiger partial charge in [-0.15, -0.1) is 0 Å². The average molecular weight is 220 g/mol. The van der Waals surface area contributed by atoms with Crippen molar-refractivity contribution in [3.63, 3.8) is 0 Å². The Balaban J connectivity index is 1.94. The molecule has 1 N–H and O–H groups in total. The topological polar surface area (TPSA) is 37.3 Å². The zero-order chi connectivity index (χ0) is 11.2. The van der Waals surface area contributed by atoms with Gasteiger partial charge in [0.05, 0.1) is 5.41 Å². The van der Waals surface area contributed by atoms with E-state index in [1.807, 2.05) is 0 Å². The summed E-state index contributed by atoms with van der Waals surface area (Å²) in [6.45, 7) is 0. The second kappa shape index (κ2) is 3.61. The first-order valence-electron chi connectivity index (χ1n) is 6.63. The molecule has 3 rings (SSSR count). The third kappa shape index (κ3) is 1.28. The molecule has 0 radical (unpaired) electrons. The lowest BCUT2D eigenvalue weighted by molar-refractivity contribution is -0.156. The first kappa shape index (κ1) is 10.4. The van der Waals surface area contributed by atoms with Gasteiger partial charge >= 0.3 is 5.97 Å². The molecule has 0 aliphatic heterocycles. The predicted molar refractivity (Wildman–Crippen MR) is 62.0 cm³/mol. The van der Waals surface area contributed by atoms with Crippen LogP contribution >= 0.6 is 0 Å². The van der Waals surface area contributed by atoms with Crippen molar-refractivity contribution < 1.29 is 9.90 Å². The minimum Gasteiger partial charge on any atom is -0.481 e. The van der Waals surface area contributed by atoms with E-state index < -0.39 is 5.97 Å². The number of fused-ring (bicyclic) bond motifs is 2. The van der Waals surface area contributed by atoms with Crippen molar-refractivity contribution in [1.82, 2.24) is 0 Å². The van der Waals surface area contributed by atoms with Gasteiger partial charge in [-0.05, 0) is 56.3 Å². The van der Waals surface area contributed by atoms with Gasteiger partial charge in [0.15, 0.2) is 0 Å². The molecule has 0 spiro atoms. The zero-order valence-electron chi connectivity index (χ0n) is 9.69. The molecule has 3 aliphatic carbocycles. The highest BCUT2D eigenvalue weighted by Gasteiger charge is 2.58. The maximum atomic E-state index is 11.8. The van der Waals surface area contributed by atoms with Gasteiger partial charge in [-0.3, -0.25) is 4.79 Å². The summed E-state index contributed by atoms with van der Waals surface area (Å²) in [6, 6.07) is 0. The summed E-state index contributed by atoms with van der Waals surface area (Å²) in [5.74, 6) is 0.962. The number of aliphatic carboxylic acids is 1. The van der Waals surface area contributed by atoms with Crippen LogP contribution in [0, 0.1) is 23.2 Å². The Morgan fingerprint density at radius 3 is 2.69 bits per heavy atom. The first-order chi connectivity index (χ1) is 7.73. The highest BCUT2D eigenvalue weighted by molar-refractivity contribution is 5.76. The van der Waals surface area contributed by atoms with E-state index in [0.29, 0.717) is 17.8 Å². The van der Waals surface area contributed by atoms with Crippen LogP contribution in [-0.2, 0) is 4.79 Å². The number of rotatable bonds is 2. The molecule has 0 aromatic rings. The van der Waals surface area contributed by atoms with E-state index in [0.717, 1.165) is 25.7 Å². The summed E-state index contributed by atoms with van der Waals surface area (Å²) in [4.78, 5) is 11.8. The number of carboxylic acid groups (broad SMARTS) is 1. The number of hydrogen-bond donors (Lipinski definition) is 1. The zero-order valence-corrected chi connectivity index (χ0v) is 9.69. The van der Waals surface area contributed by atoms with Crippen molar-refractivity contribution in [3.05, 3.63) is 12.2 Å². The molecule has 0 saturated heterocycles. The molecule has 2 nitrogen and oxygen atoms in total. The normalized spacial score (nSPS) is 46.1. The van der Waals surface area contributed by atoms with Crippen molar-refractivity contribution in [1.29, 1.82) is 0 Å². The minimum atomic E-state index is -0.517. The largest absolute Gasteiger partial charge is 0.481 e. The molecule has 2 fully saturated rings. The van der Waals surface area contributed by atoms with E-state index in [1.54, 1.807) is 0 Å². The third-order valence-electron chi connectivity index (χ3n) is 5.21. The van der Waals surface area contributed by atoms with Gasteiger partial charge in [0.25, 0.3) is 0 Å². The number of carbonyl (C=O) groups is 1. The summed E-state index contributed by atoms with van der Waals surface area (Å²) < 4.78 is 0. The second-order valence-corrected chi connectivity index (χ2v) is 5.89. The first-order valence-corrected chi connectivity index (χ1v) is 6.63. The molecule has 0 aromatic heterocycles. The maximum absolute atomic E-state index is 11.8. The van der Waals surface area contributed by atoms with Gasteiger partial charge in [0.1, 0.15) is 0 Å². The molecule has 2 heteroatoms. The lowest BCUT2D eigenvalue weighted by Gasteiger charge is -2.40. The quantitative estimate of drug-likeness (QED) is 0.725. The Morgan fingerprint density at radius 2 is 2.19 bits per heavy atom. The highest BCUT2D eigenvalue weighted by atomic mass is 16.4. The molecule has 0 amide bonds. The van der Waals surface area contributed by atoms with Crippen LogP contribution in [0.3, 0.4) is 0 Å². The van der Waals surface area contributed by atoms with Gasteiger partial charge in [-0.1, -0.05) is 18.6 Å². The molecule has 88 valence electrons. The Morgan fingerprint density at radius 1 is 1.31 bits per heavy atom. The van der Waals surface area contributed by atoms with Gasteiger partial charge in [0, 0.05) is 0 Å². The monoisotopic (exact) mass is 220 g/mol. The minimum absolute atomic E-state index is 0.314. The van der Waals surface area contributed by atoms with E-state index >= 15 is 0 Å². The van der Waals surface area contributed by atoms with E-state index in [9.17, 15) is 9.90 Å². The Hall–Kier alpha value is -0.790. The molecule has 0 aromatic carbocycles. The maximum Gasteiger partial charge on any atom is 0.310 e.